The number of rotatable bonds is 2. The predicted molar refractivity (Wildman–Crippen MR) is 59.7 cm³/mol. The Labute approximate surface area is 102 Å². The second kappa shape index (κ2) is 4.77. The molecule has 1 N–H and O–H groups in total. The molecule has 5 heteroatoms. The zero-order chi connectivity index (χ0) is 12.4. The third-order valence-corrected chi connectivity index (χ3v) is 2.67. The van der Waals surface area contributed by atoms with E-state index < -0.39 is 17.7 Å². The van der Waals surface area contributed by atoms with E-state index in [-0.39, 0.29) is 10.6 Å². The number of aliphatic hydroxyl groups excluding tert-OH is 1. The first kappa shape index (κ1) is 12.0. The van der Waals surface area contributed by atoms with Gasteiger partial charge < -0.3 is 5.11 Å². The summed E-state index contributed by atoms with van der Waals surface area (Å²) in [5.41, 5.74) is 0.629. The van der Waals surface area contributed by atoms with Crippen LogP contribution in [-0.2, 0) is 0 Å². The van der Waals surface area contributed by atoms with E-state index in [4.69, 9.17) is 11.6 Å². The molecule has 0 aliphatic rings. The topological polar surface area (TPSA) is 33.1 Å². The monoisotopic (exact) mass is 255 g/mol. The Kier molecular flexibility index (Phi) is 3.36. The maximum Gasteiger partial charge on any atom is 0.159 e. The van der Waals surface area contributed by atoms with E-state index in [0.29, 0.717) is 5.56 Å². The van der Waals surface area contributed by atoms with E-state index in [9.17, 15) is 13.9 Å². The molecule has 0 bridgehead atoms. The fourth-order valence-electron chi connectivity index (χ4n) is 1.47. The van der Waals surface area contributed by atoms with Crippen LogP contribution in [-0.4, -0.2) is 10.1 Å². The number of aliphatic hydroxyl groups is 1. The van der Waals surface area contributed by atoms with Crippen molar-refractivity contribution < 1.29 is 13.9 Å². The van der Waals surface area contributed by atoms with Crippen LogP contribution in [0, 0.1) is 11.6 Å². The number of pyridine rings is 1. The smallest absolute Gasteiger partial charge is 0.159 e. The Morgan fingerprint density at radius 3 is 2.59 bits per heavy atom. The van der Waals surface area contributed by atoms with Crippen LogP contribution in [0.5, 0.6) is 0 Å². The molecule has 0 aliphatic heterocycles. The summed E-state index contributed by atoms with van der Waals surface area (Å²) in [5.74, 6) is -1.96. The lowest BCUT2D eigenvalue weighted by Crippen LogP contribution is -2.02. The highest BCUT2D eigenvalue weighted by atomic mass is 35.5. The molecular formula is C12H8ClF2NO. The second-order valence-corrected chi connectivity index (χ2v) is 3.88. The number of benzene rings is 1. The van der Waals surface area contributed by atoms with Gasteiger partial charge in [0.25, 0.3) is 0 Å². The van der Waals surface area contributed by atoms with Crippen LogP contribution in [0.3, 0.4) is 0 Å². The predicted octanol–water partition coefficient (Wildman–Crippen LogP) is 3.09. The van der Waals surface area contributed by atoms with Crippen LogP contribution in [0.4, 0.5) is 8.78 Å². The van der Waals surface area contributed by atoms with Crippen LogP contribution in [0.25, 0.3) is 0 Å². The molecule has 0 saturated heterocycles. The van der Waals surface area contributed by atoms with Crippen molar-refractivity contribution in [2.24, 2.45) is 0 Å². The van der Waals surface area contributed by atoms with E-state index in [0.717, 1.165) is 12.1 Å². The lowest BCUT2D eigenvalue weighted by molar-refractivity contribution is 0.219. The van der Waals surface area contributed by atoms with Gasteiger partial charge >= 0.3 is 0 Å². The molecule has 2 nitrogen and oxygen atoms in total. The molecule has 2 rings (SSSR count). The zero-order valence-corrected chi connectivity index (χ0v) is 9.33. The molecule has 17 heavy (non-hydrogen) atoms. The van der Waals surface area contributed by atoms with Gasteiger partial charge in [-0.2, -0.15) is 0 Å². The first-order valence-electron chi connectivity index (χ1n) is 4.82. The number of hydrogen-bond donors (Lipinski definition) is 1. The number of aromatic nitrogens is 1. The van der Waals surface area contributed by atoms with E-state index in [1.54, 1.807) is 0 Å². The molecule has 88 valence electrons. The third-order valence-electron chi connectivity index (χ3n) is 2.36. The van der Waals surface area contributed by atoms with Gasteiger partial charge in [0, 0.05) is 18.0 Å². The van der Waals surface area contributed by atoms with Crippen LogP contribution in [0.15, 0.2) is 36.7 Å². The minimum absolute atomic E-state index is 0.233. The molecular weight excluding hydrogens is 248 g/mol. The fraction of sp³-hybridized carbons (Fsp3) is 0.0833. The number of halogens is 3. The van der Waals surface area contributed by atoms with Gasteiger partial charge in [-0.25, -0.2) is 8.78 Å². The van der Waals surface area contributed by atoms with Crippen molar-refractivity contribution in [3.05, 3.63) is 64.4 Å². The van der Waals surface area contributed by atoms with Crippen LogP contribution in [0.2, 0.25) is 5.02 Å². The van der Waals surface area contributed by atoms with Gasteiger partial charge in [-0.1, -0.05) is 17.7 Å². The Hall–Kier alpha value is -1.52. The van der Waals surface area contributed by atoms with E-state index in [2.05, 4.69) is 4.98 Å². The van der Waals surface area contributed by atoms with Crippen LogP contribution < -0.4 is 0 Å². The highest BCUT2D eigenvalue weighted by Gasteiger charge is 2.15. The Balaban J connectivity index is 2.40. The van der Waals surface area contributed by atoms with E-state index in [1.807, 2.05) is 0 Å². The van der Waals surface area contributed by atoms with Gasteiger partial charge in [0.15, 0.2) is 11.6 Å². The standard InChI is InChI=1S/C12H8ClF2NO/c13-9-6-16-4-3-8(9)12(17)7-1-2-10(14)11(15)5-7/h1-6,12,17H. The van der Waals surface area contributed by atoms with Gasteiger partial charge in [0.1, 0.15) is 6.10 Å². The molecule has 0 fully saturated rings. The van der Waals surface area contributed by atoms with Crippen LogP contribution in [0.1, 0.15) is 17.2 Å². The summed E-state index contributed by atoms with van der Waals surface area (Å²) in [6, 6.07) is 4.73. The summed E-state index contributed by atoms with van der Waals surface area (Å²) in [6.45, 7) is 0. The third kappa shape index (κ3) is 2.43. The molecule has 0 radical (unpaired) electrons. The Morgan fingerprint density at radius 2 is 1.94 bits per heavy atom. The van der Waals surface area contributed by atoms with Crippen molar-refractivity contribution >= 4 is 11.6 Å². The normalized spacial score (nSPS) is 12.5. The lowest BCUT2D eigenvalue weighted by Gasteiger charge is -2.12. The SMILES string of the molecule is OC(c1ccc(F)c(F)c1)c1ccncc1Cl. The molecule has 0 spiro atoms. The first-order valence-corrected chi connectivity index (χ1v) is 5.20. The number of hydrogen-bond acceptors (Lipinski definition) is 2. The van der Waals surface area contributed by atoms with Gasteiger partial charge in [0.2, 0.25) is 0 Å². The Morgan fingerprint density at radius 1 is 1.18 bits per heavy atom. The zero-order valence-electron chi connectivity index (χ0n) is 8.57. The molecule has 1 heterocycles. The fourth-order valence-corrected chi connectivity index (χ4v) is 1.69. The minimum Gasteiger partial charge on any atom is -0.384 e. The van der Waals surface area contributed by atoms with Crippen molar-refractivity contribution in [2.45, 2.75) is 6.10 Å². The largest absolute Gasteiger partial charge is 0.384 e. The van der Waals surface area contributed by atoms with Crippen molar-refractivity contribution in [3.63, 3.8) is 0 Å². The quantitative estimate of drug-likeness (QED) is 0.895. The van der Waals surface area contributed by atoms with Crippen molar-refractivity contribution in [1.82, 2.24) is 4.98 Å². The molecule has 0 aliphatic carbocycles. The molecule has 2 aromatic rings. The van der Waals surface area contributed by atoms with Gasteiger partial charge in [-0.05, 0) is 23.8 Å². The van der Waals surface area contributed by atoms with E-state index in [1.165, 1.54) is 24.5 Å². The van der Waals surface area contributed by atoms with E-state index >= 15 is 0 Å². The minimum atomic E-state index is -1.11. The van der Waals surface area contributed by atoms with Gasteiger partial charge in [0.05, 0.1) is 5.02 Å². The maximum atomic E-state index is 13.0. The maximum absolute atomic E-state index is 13.0. The van der Waals surface area contributed by atoms with Crippen molar-refractivity contribution in [1.29, 1.82) is 0 Å². The van der Waals surface area contributed by atoms with Gasteiger partial charge in [-0.15, -0.1) is 0 Å². The lowest BCUT2D eigenvalue weighted by atomic mass is 10.0. The molecule has 1 aromatic carbocycles. The van der Waals surface area contributed by atoms with Crippen LogP contribution >= 0.6 is 11.6 Å². The molecule has 1 aromatic heterocycles. The van der Waals surface area contributed by atoms with Crippen molar-refractivity contribution in [2.75, 3.05) is 0 Å². The highest BCUT2D eigenvalue weighted by Crippen LogP contribution is 2.27. The summed E-state index contributed by atoms with van der Waals surface area (Å²) < 4.78 is 25.8. The average Bonchev–Trinajstić information content (AvgIpc) is 2.32. The molecule has 1 atom stereocenters. The highest BCUT2D eigenvalue weighted by molar-refractivity contribution is 6.31. The first-order chi connectivity index (χ1) is 8.09. The summed E-state index contributed by atoms with van der Waals surface area (Å²) in [4.78, 5) is 3.78. The molecule has 1 unspecified atom stereocenters. The summed E-state index contributed by atoms with van der Waals surface area (Å²) in [5, 5.41) is 10.3. The Bertz CT molecular complexity index is 548. The number of nitrogens with zero attached hydrogens (tertiary/aromatic N) is 1. The summed E-state index contributed by atoms with van der Waals surface area (Å²) in [7, 11) is 0. The molecule has 0 amide bonds. The molecule has 0 saturated carbocycles. The second-order valence-electron chi connectivity index (χ2n) is 3.47. The summed E-state index contributed by atoms with van der Waals surface area (Å²) in [6.07, 6.45) is 1.73. The average molecular weight is 256 g/mol. The van der Waals surface area contributed by atoms with Gasteiger partial charge in [-0.3, -0.25) is 4.98 Å². The van der Waals surface area contributed by atoms with Crippen molar-refractivity contribution in [3.8, 4) is 0 Å². The summed E-state index contributed by atoms with van der Waals surface area (Å²) >= 11 is 5.85.